The molecule has 2 rings (SSSR count). The van der Waals surface area contributed by atoms with Crippen LogP contribution in [0.2, 0.25) is 0 Å². The number of rotatable bonds is 2. The van der Waals surface area contributed by atoms with Gasteiger partial charge < -0.3 is 10.6 Å². The fourth-order valence-electron chi connectivity index (χ4n) is 2.41. The van der Waals surface area contributed by atoms with Gasteiger partial charge in [-0.1, -0.05) is 51.1 Å². The molecular formula is C19H24N2S. The summed E-state index contributed by atoms with van der Waals surface area (Å²) in [7, 11) is 0. The first-order valence-electron chi connectivity index (χ1n) is 7.53. The highest BCUT2D eigenvalue weighted by Crippen LogP contribution is 2.29. The third kappa shape index (κ3) is 3.86. The number of thiocarbonyl (C=S) groups is 1. The average molecular weight is 312 g/mol. The smallest absolute Gasteiger partial charge is 0.175 e. The normalized spacial score (nSPS) is 11.1. The van der Waals surface area contributed by atoms with Gasteiger partial charge in [-0.15, -0.1) is 0 Å². The summed E-state index contributed by atoms with van der Waals surface area (Å²) in [6, 6.07) is 14.5. The van der Waals surface area contributed by atoms with E-state index in [0.29, 0.717) is 5.11 Å². The van der Waals surface area contributed by atoms with E-state index in [4.69, 9.17) is 12.2 Å². The molecule has 2 aromatic rings. The van der Waals surface area contributed by atoms with Crippen molar-refractivity contribution in [1.29, 1.82) is 0 Å². The first-order valence-corrected chi connectivity index (χ1v) is 7.93. The molecule has 0 aliphatic carbocycles. The number of nitrogens with one attached hydrogen (secondary N) is 2. The lowest BCUT2D eigenvalue weighted by molar-refractivity contribution is 0.592. The van der Waals surface area contributed by atoms with Crippen LogP contribution < -0.4 is 10.6 Å². The van der Waals surface area contributed by atoms with Crippen molar-refractivity contribution in [2.45, 2.75) is 40.0 Å². The lowest BCUT2D eigenvalue weighted by Crippen LogP contribution is -2.23. The van der Waals surface area contributed by atoms with Gasteiger partial charge in [0.15, 0.2) is 5.11 Å². The van der Waals surface area contributed by atoms with Crippen molar-refractivity contribution in [3.8, 4) is 0 Å². The van der Waals surface area contributed by atoms with E-state index >= 15 is 0 Å². The largest absolute Gasteiger partial charge is 0.332 e. The summed E-state index contributed by atoms with van der Waals surface area (Å²) in [5.41, 5.74) is 5.89. The van der Waals surface area contributed by atoms with Crippen LogP contribution in [0.25, 0.3) is 0 Å². The molecule has 0 aliphatic rings. The maximum Gasteiger partial charge on any atom is 0.175 e. The van der Waals surface area contributed by atoms with Crippen molar-refractivity contribution in [2.75, 3.05) is 10.6 Å². The van der Waals surface area contributed by atoms with Crippen LogP contribution in [0.15, 0.2) is 42.5 Å². The molecule has 0 fully saturated rings. The molecule has 0 saturated carbocycles. The van der Waals surface area contributed by atoms with Crippen LogP contribution in [-0.2, 0) is 5.41 Å². The van der Waals surface area contributed by atoms with Gasteiger partial charge in [0, 0.05) is 11.4 Å². The molecule has 0 aromatic heterocycles. The van der Waals surface area contributed by atoms with Gasteiger partial charge >= 0.3 is 0 Å². The second-order valence-electron chi connectivity index (χ2n) is 6.62. The summed E-state index contributed by atoms with van der Waals surface area (Å²) in [5, 5.41) is 7.25. The van der Waals surface area contributed by atoms with E-state index in [1.54, 1.807) is 0 Å². The zero-order valence-electron chi connectivity index (χ0n) is 13.9. The third-order valence-electron chi connectivity index (χ3n) is 3.84. The fourth-order valence-corrected chi connectivity index (χ4v) is 2.63. The molecule has 0 spiro atoms. The Morgan fingerprint density at radius 3 is 2.14 bits per heavy atom. The molecule has 0 heterocycles. The number of para-hydroxylation sites is 1. The van der Waals surface area contributed by atoms with Gasteiger partial charge in [0.2, 0.25) is 0 Å². The van der Waals surface area contributed by atoms with Crippen molar-refractivity contribution < 1.29 is 0 Å². The third-order valence-corrected chi connectivity index (χ3v) is 4.04. The van der Waals surface area contributed by atoms with Crippen molar-refractivity contribution in [2.24, 2.45) is 0 Å². The maximum atomic E-state index is 5.48. The van der Waals surface area contributed by atoms with Crippen LogP contribution in [0.1, 0.15) is 37.5 Å². The fraction of sp³-hybridized carbons (Fsp3) is 0.316. The number of aryl methyl sites for hydroxylation is 1. The predicted octanol–water partition coefficient (Wildman–Crippen LogP) is 5.41. The lowest BCUT2D eigenvalue weighted by atomic mass is 9.86. The van der Waals surface area contributed by atoms with Crippen molar-refractivity contribution in [3.05, 3.63) is 59.2 Å². The first kappa shape index (κ1) is 16.5. The van der Waals surface area contributed by atoms with Gasteiger partial charge in [-0.25, -0.2) is 0 Å². The molecule has 2 nitrogen and oxygen atoms in total. The molecule has 2 aromatic carbocycles. The topological polar surface area (TPSA) is 24.1 Å². The summed E-state index contributed by atoms with van der Waals surface area (Å²) in [4.78, 5) is 0. The van der Waals surface area contributed by atoms with Gasteiger partial charge in [-0.05, 0) is 60.3 Å². The Morgan fingerprint density at radius 1 is 0.864 bits per heavy atom. The van der Waals surface area contributed by atoms with E-state index < -0.39 is 0 Å². The minimum atomic E-state index is 0.0679. The molecule has 0 unspecified atom stereocenters. The Morgan fingerprint density at radius 2 is 1.45 bits per heavy atom. The Labute approximate surface area is 139 Å². The second-order valence-corrected chi connectivity index (χ2v) is 7.03. The van der Waals surface area contributed by atoms with Gasteiger partial charge in [0.05, 0.1) is 0 Å². The molecular weight excluding hydrogens is 288 g/mol. The van der Waals surface area contributed by atoms with E-state index in [1.165, 1.54) is 16.7 Å². The van der Waals surface area contributed by atoms with Gasteiger partial charge in [-0.3, -0.25) is 0 Å². The molecule has 3 heteroatoms. The van der Waals surface area contributed by atoms with Crippen LogP contribution in [0.3, 0.4) is 0 Å². The Bertz CT molecular complexity index is 684. The van der Waals surface area contributed by atoms with E-state index in [2.05, 4.69) is 69.5 Å². The molecule has 0 aliphatic heterocycles. The van der Waals surface area contributed by atoms with Crippen LogP contribution in [0.4, 0.5) is 11.4 Å². The molecule has 0 atom stereocenters. The number of hydrogen-bond donors (Lipinski definition) is 2. The van der Waals surface area contributed by atoms with E-state index in [-0.39, 0.29) is 5.41 Å². The summed E-state index contributed by atoms with van der Waals surface area (Å²) < 4.78 is 0. The van der Waals surface area contributed by atoms with E-state index in [1.807, 2.05) is 18.2 Å². The monoisotopic (exact) mass is 312 g/mol. The van der Waals surface area contributed by atoms with Crippen LogP contribution in [0, 0.1) is 13.8 Å². The van der Waals surface area contributed by atoms with Crippen LogP contribution in [-0.4, -0.2) is 5.11 Å². The number of hydrogen-bond acceptors (Lipinski definition) is 1. The SMILES string of the molecule is Cc1cccc(NC(=S)Nc2ccccc2C(C)(C)C)c1C. The molecule has 0 bridgehead atoms. The van der Waals surface area contributed by atoms with Crippen LogP contribution in [0.5, 0.6) is 0 Å². The van der Waals surface area contributed by atoms with Gasteiger partial charge in [0.25, 0.3) is 0 Å². The predicted molar refractivity (Wildman–Crippen MR) is 101 cm³/mol. The molecule has 0 radical (unpaired) electrons. The van der Waals surface area contributed by atoms with Gasteiger partial charge in [-0.2, -0.15) is 0 Å². The zero-order valence-corrected chi connectivity index (χ0v) is 14.8. The highest BCUT2D eigenvalue weighted by Gasteiger charge is 2.17. The second kappa shape index (κ2) is 6.49. The molecule has 22 heavy (non-hydrogen) atoms. The van der Waals surface area contributed by atoms with Crippen LogP contribution >= 0.6 is 12.2 Å². The summed E-state index contributed by atoms with van der Waals surface area (Å²) in [6.45, 7) is 10.8. The number of anilines is 2. The molecule has 116 valence electrons. The van der Waals surface area contributed by atoms with Crippen molar-refractivity contribution >= 4 is 28.7 Å². The lowest BCUT2D eigenvalue weighted by Gasteiger charge is -2.24. The quantitative estimate of drug-likeness (QED) is 0.725. The van der Waals surface area contributed by atoms with Gasteiger partial charge in [0.1, 0.15) is 0 Å². The highest BCUT2D eigenvalue weighted by molar-refractivity contribution is 7.80. The standard InChI is InChI=1S/C19H24N2S/c1-13-9-8-12-16(14(13)2)20-18(22)21-17-11-7-6-10-15(17)19(3,4)5/h6-12H,1-5H3,(H2,20,21,22). The van der Waals surface area contributed by atoms with E-state index in [0.717, 1.165) is 11.4 Å². The summed E-state index contributed by atoms with van der Waals surface area (Å²) in [6.07, 6.45) is 0. The Kier molecular flexibility index (Phi) is 4.87. The minimum absolute atomic E-state index is 0.0679. The van der Waals surface area contributed by atoms with Crippen molar-refractivity contribution in [1.82, 2.24) is 0 Å². The maximum absolute atomic E-state index is 5.48. The average Bonchev–Trinajstić information content (AvgIpc) is 2.43. The number of benzene rings is 2. The molecule has 0 amide bonds. The summed E-state index contributed by atoms with van der Waals surface area (Å²) >= 11 is 5.48. The molecule has 0 saturated heterocycles. The Balaban J connectivity index is 2.18. The Hall–Kier alpha value is -1.87. The highest BCUT2D eigenvalue weighted by atomic mass is 32.1. The van der Waals surface area contributed by atoms with Crippen molar-refractivity contribution in [3.63, 3.8) is 0 Å². The first-order chi connectivity index (χ1) is 10.3. The molecule has 2 N–H and O–H groups in total. The summed E-state index contributed by atoms with van der Waals surface area (Å²) in [5.74, 6) is 0. The minimum Gasteiger partial charge on any atom is -0.332 e. The van der Waals surface area contributed by atoms with E-state index in [9.17, 15) is 0 Å². The zero-order chi connectivity index (χ0) is 16.3.